The summed E-state index contributed by atoms with van der Waals surface area (Å²) in [6.45, 7) is 6.83. The number of aliphatic hydroxyl groups is 1. The highest BCUT2D eigenvalue weighted by Crippen LogP contribution is 2.21. The van der Waals surface area contributed by atoms with Crippen LogP contribution in [0.5, 0.6) is 0 Å². The summed E-state index contributed by atoms with van der Waals surface area (Å²) in [4.78, 5) is 13.2. The van der Waals surface area contributed by atoms with Gasteiger partial charge in [-0.2, -0.15) is 0 Å². The molecule has 4 nitrogen and oxygen atoms in total. The van der Waals surface area contributed by atoms with E-state index in [4.69, 9.17) is 9.84 Å². The molecule has 0 fully saturated rings. The smallest absolute Gasteiger partial charge is 0.127 e. The van der Waals surface area contributed by atoms with Gasteiger partial charge < -0.3 is 14.6 Å². The molecule has 0 spiro atoms. The highest BCUT2D eigenvalue weighted by Gasteiger charge is 2.25. The Morgan fingerprint density at radius 2 is 2.12 bits per heavy atom. The van der Waals surface area contributed by atoms with Crippen molar-refractivity contribution in [2.24, 2.45) is 5.41 Å². The van der Waals surface area contributed by atoms with Crippen LogP contribution in [-0.2, 0) is 9.53 Å². The van der Waals surface area contributed by atoms with Crippen LogP contribution in [0.2, 0.25) is 0 Å². The number of hydrogen-bond acceptors (Lipinski definition) is 4. The average molecular weight is 231 g/mol. The molecule has 0 aliphatic rings. The molecule has 0 aliphatic heterocycles. The lowest BCUT2D eigenvalue weighted by atomic mass is 9.86. The minimum Gasteiger partial charge on any atom is -0.395 e. The van der Waals surface area contributed by atoms with Crippen molar-refractivity contribution in [3.05, 3.63) is 0 Å². The predicted octanol–water partition coefficient (Wildman–Crippen LogP) is 0.932. The minimum absolute atomic E-state index is 0.116. The van der Waals surface area contributed by atoms with Crippen LogP contribution >= 0.6 is 0 Å². The number of methoxy groups -OCH3 is 1. The van der Waals surface area contributed by atoms with Crippen molar-refractivity contribution >= 4 is 6.29 Å². The number of ether oxygens (including phenoxy) is 1. The highest BCUT2D eigenvalue weighted by atomic mass is 16.5. The molecule has 0 saturated heterocycles. The van der Waals surface area contributed by atoms with E-state index in [-0.39, 0.29) is 12.0 Å². The Morgan fingerprint density at radius 3 is 2.56 bits per heavy atom. The van der Waals surface area contributed by atoms with E-state index in [0.29, 0.717) is 19.7 Å². The Morgan fingerprint density at radius 1 is 1.44 bits per heavy atom. The van der Waals surface area contributed by atoms with Gasteiger partial charge in [0.2, 0.25) is 0 Å². The lowest BCUT2D eigenvalue weighted by Crippen LogP contribution is -2.40. The van der Waals surface area contributed by atoms with Crippen molar-refractivity contribution in [1.82, 2.24) is 4.90 Å². The topological polar surface area (TPSA) is 49.8 Å². The molecule has 0 heterocycles. The Kier molecular flexibility index (Phi) is 8.43. The summed E-state index contributed by atoms with van der Waals surface area (Å²) in [6.07, 6.45) is 2.91. The van der Waals surface area contributed by atoms with E-state index < -0.39 is 0 Å². The number of rotatable bonds is 10. The molecule has 0 aromatic rings. The van der Waals surface area contributed by atoms with E-state index in [9.17, 15) is 4.79 Å². The van der Waals surface area contributed by atoms with Crippen molar-refractivity contribution in [3.63, 3.8) is 0 Å². The van der Waals surface area contributed by atoms with Gasteiger partial charge in [-0.15, -0.1) is 0 Å². The van der Waals surface area contributed by atoms with Crippen LogP contribution in [0.3, 0.4) is 0 Å². The molecular weight excluding hydrogens is 206 g/mol. The van der Waals surface area contributed by atoms with E-state index in [0.717, 1.165) is 25.7 Å². The zero-order valence-corrected chi connectivity index (χ0v) is 10.7. The third kappa shape index (κ3) is 6.20. The van der Waals surface area contributed by atoms with Gasteiger partial charge in [0.1, 0.15) is 6.29 Å². The van der Waals surface area contributed by atoms with Gasteiger partial charge in [-0.3, -0.25) is 4.90 Å². The predicted molar refractivity (Wildman–Crippen MR) is 64.5 cm³/mol. The third-order valence-electron chi connectivity index (χ3n) is 2.72. The fraction of sp³-hybridized carbons (Fsp3) is 0.917. The first-order valence-corrected chi connectivity index (χ1v) is 5.90. The molecule has 4 heteroatoms. The van der Waals surface area contributed by atoms with E-state index in [1.807, 2.05) is 6.92 Å². The second-order valence-corrected chi connectivity index (χ2v) is 4.51. The zero-order chi connectivity index (χ0) is 12.4. The summed E-state index contributed by atoms with van der Waals surface area (Å²) < 4.78 is 5.02. The van der Waals surface area contributed by atoms with Crippen molar-refractivity contribution in [2.45, 2.75) is 26.7 Å². The van der Waals surface area contributed by atoms with Crippen molar-refractivity contribution < 1.29 is 14.6 Å². The van der Waals surface area contributed by atoms with Crippen LogP contribution < -0.4 is 0 Å². The molecule has 0 radical (unpaired) electrons. The van der Waals surface area contributed by atoms with Crippen LogP contribution in [0.15, 0.2) is 0 Å². The van der Waals surface area contributed by atoms with Gasteiger partial charge in [0.05, 0.1) is 13.2 Å². The lowest BCUT2D eigenvalue weighted by Gasteiger charge is -2.30. The Bertz CT molecular complexity index is 187. The van der Waals surface area contributed by atoms with E-state index >= 15 is 0 Å². The number of aliphatic hydroxyl groups excluding tert-OH is 1. The van der Waals surface area contributed by atoms with Crippen molar-refractivity contribution in [1.29, 1.82) is 0 Å². The number of aldehydes is 1. The SMILES string of the molecule is CCCC(C)(C=O)CN(CCO)CCOC. The molecule has 96 valence electrons. The zero-order valence-electron chi connectivity index (χ0n) is 10.7. The van der Waals surface area contributed by atoms with Crippen LogP contribution in [0, 0.1) is 5.41 Å². The van der Waals surface area contributed by atoms with Gasteiger partial charge in [0, 0.05) is 32.2 Å². The first-order valence-electron chi connectivity index (χ1n) is 5.90. The first-order chi connectivity index (χ1) is 7.61. The van der Waals surface area contributed by atoms with Gasteiger partial charge in [0.25, 0.3) is 0 Å². The van der Waals surface area contributed by atoms with Crippen LogP contribution in [0.1, 0.15) is 26.7 Å². The maximum Gasteiger partial charge on any atom is 0.127 e. The minimum atomic E-state index is -0.308. The summed E-state index contributed by atoms with van der Waals surface area (Å²) >= 11 is 0. The normalized spacial score (nSPS) is 15.1. The van der Waals surface area contributed by atoms with Gasteiger partial charge in [-0.25, -0.2) is 0 Å². The maximum absolute atomic E-state index is 11.1. The monoisotopic (exact) mass is 231 g/mol. The highest BCUT2D eigenvalue weighted by molar-refractivity contribution is 5.58. The quantitative estimate of drug-likeness (QED) is 0.568. The summed E-state index contributed by atoms with van der Waals surface area (Å²) in [5.74, 6) is 0. The first kappa shape index (κ1) is 15.6. The molecule has 16 heavy (non-hydrogen) atoms. The summed E-state index contributed by atoms with van der Waals surface area (Å²) in [5, 5.41) is 8.96. The molecule has 0 aliphatic carbocycles. The van der Waals surface area contributed by atoms with Gasteiger partial charge >= 0.3 is 0 Å². The van der Waals surface area contributed by atoms with Crippen LogP contribution in [0.25, 0.3) is 0 Å². The second kappa shape index (κ2) is 8.67. The summed E-state index contributed by atoms with van der Waals surface area (Å²) in [5.41, 5.74) is -0.308. The Balaban J connectivity index is 4.26. The second-order valence-electron chi connectivity index (χ2n) is 4.51. The fourth-order valence-electron chi connectivity index (χ4n) is 1.89. The fourth-order valence-corrected chi connectivity index (χ4v) is 1.89. The summed E-state index contributed by atoms with van der Waals surface area (Å²) in [6, 6.07) is 0. The molecule has 0 bridgehead atoms. The largest absolute Gasteiger partial charge is 0.395 e. The molecule has 1 atom stereocenters. The molecule has 0 saturated carbocycles. The standard InChI is InChI=1S/C12H25NO3/c1-4-5-12(2,11-15)10-13(6-8-14)7-9-16-3/h11,14H,4-10H2,1-3H3. The van der Waals surface area contributed by atoms with E-state index in [2.05, 4.69) is 11.8 Å². The molecule has 0 amide bonds. The molecule has 0 rings (SSSR count). The molecule has 1 N–H and O–H groups in total. The van der Waals surface area contributed by atoms with Crippen molar-refractivity contribution in [3.8, 4) is 0 Å². The number of carbonyl (C=O) groups excluding carboxylic acids is 1. The van der Waals surface area contributed by atoms with Gasteiger partial charge in [-0.1, -0.05) is 20.3 Å². The van der Waals surface area contributed by atoms with Crippen LogP contribution in [0.4, 0.5) is 0 Å². The van der Waals surface area contributed by atoms with Crippen LogP contribution in [-0.4, -0.2) is 56.3 Å². The molecule has 1 unspecified atom stereocenters. The maximum atomic E-state index is 11.1. The number of hydrogen-bond donors (Lipinski definition) is 1. The van der Waals surface area contributed by atoms with Crippen molar-refractivity contribution in [2.75, 3.05) is 40.0 Å². The average Bonchev–Trinajstić information content (AvgIpc) is 2.26. The number of carbonyl (C=O) groups is 1. The lowest BCUT2D eigenvalue weighted by molar-refractivity contribution is -0.117. The number of nitrogens with zero attached hydrogens (tertiary/aromatic N) is 1. The Labute approximate surface area is 98.6 Å². The molecule has 0 aromatic heterocycles. The van der Waals surface area contributed by atoms with Gasteiger partial charge in [-0.05, 0) is 6.42 Å². The van der Waals surface area contributed by atoms with E-state index in [1.165, 1.54) is 0 Å². The third-order valence-corrected chi connectivity index (χ3v) is 2.72. The van der Waals surface area contributed by atoms with E-state index in [1.54, 1.807) is 7.11 Å². The Hall–Kier alpha value is -0.450. The van der Waals surface area contributed by atoms with Gasteiger partial charge in [0.15, 0.2) is 0 Å². The summed E-state index contributed by atoms with van der Waals surface area (Å²) in [7, 11) is 1.65. The molecular formula is C12H25NO3. The molecule has 0 aromatic carbocycles.